The van der Waals surface area contributed by atoms with Crippen LogP contribution in [0, 0.1) is 5.92 Å². The number of carbonyl (C=O) groups is 1. The monoisotopic (exact) mass is 557 g/mol. The molecule has 0 saturated heterocycles. The van der Waals surface area contributed by atoms with E-state index in [1.807, 2.05) is 36.4 Å². The summed E-state index contributed by atoms with van der Waals surface area (Å²) in [6.07, 6.45) is 0. The van der Waals surface area contributed by atoms with Crippen LogP contribution >= 0.6 is 66.6 Å². The van der Waals surface area contributed by atoms with Crippen LogP contribution in [0.2, 0.25) is 5.02 Å². The largest absolute Gasteiger partial charge is 0.425 e. The van der Waals surface area contributed by atoms with E-state index >= 15 is 0 Å². The second-order valence-electron chi connectivity index (χ2n) is 6.50. The number of fused-ring (bicyclic) bond motifs is 5. The number of ether oxygens (including phenoxy) is 1. The van der Waals surface area contributed by atoms with Crippen molar-refractivity contribution in [3.63, 3.8) is 0 Å². The lowest BCUT2D eigenvalue weighted by Crippen LogP contribution is -2.37. The van der Waals surface area contributed by atoms with Crippen molar-refractivity contribution in [2.45, 2.75) is 16.2 Å². The molecule has 0 saturated carbocycles. The van der Waals surface area contributed by atoms with Crippen LogP contribution in [0.25, 0.3) is 0 Å². The molecule has 0 amide bonds. The predicted octanol–water partition coefficient (Wildman–Crippen LogP) is 6.13. The van der Waals surface area contributed by atoms with E-state index in [1.165, 1.54) is 11.8 Å². The third-order valence-corrected chi connectivity index (χ3v) is 8.76. The number of esters is 1. The Labute approximate surface area is 189 Å². The first-order chi connectivity index (χ1) is 13.4. The molecule has 4 nitrogen and oxygen atoms in total. The second-order valence-corrected chi connectivity index (χ2v) is 10.8. The highest BCUT2D eigenvalue weighted by Crippen LogP contribution is 2.60. The summed E-state index contributed by atoms with van der Waals surface area (Å²) in [6, 6.07) is 11.3. The zero-order valence-electron chi connectivity index (χ0n) is 13.9. The van der Waals surface area contributed by atoms with Crippen LogP contribution in [0.3, 0.4) is 0 Å². The van der Waals surface area contributed by atoms with E-state index in [2.05, 4.69) is 36.8 Å². The van der Waals surface area contributed by atoms with Gasteiger partial charge in [0, 0.05) is 25.9 Å². The van der Waals surface area contributed by atoms with Gasteiger partial charge in [0.15, 0.2) is 0 Å². The number of halogens is 3. The van der Waals surface area contributed by atoms with E-state index in [1.54, 1.807) is 0 Å². The molecule has 3 heterocycles. The molecule has 1 aromatic heterocycles. The molecule has 2 aromatic carbocycles. The molecule has 0 radical (unpaired) electrons. The van der Waals surface area contributed by atoms with Gasteiger partial charge >= 0.3 is 10.8 Å². The average molecular weight is 560 g/mol. The Bertz CT molecular complexity index is 1190. The first kappa shape index (κ1) is 18.9. The van der Waals surface area contributed by atoms with Crippen LogP contribution in [0.15, 0.2) is 55.2 Å². The molecule has 0 unspecified atom stereocenters. The predicted molar refractivity (Wildman–Crippen MR) is 118 cm³/mol. The molecule has 0 aliphatic carbocycles. The van der Waals surface area contributed by atoms with Gasteiger partial charge in [0.2, 0.25) is 0 Å². The molecule has 5 rings (SSSR count). The standard InChI is InChI=1S/C19H10Br2ClNO3S2/c20-7-5-9-12-13(18(24)26-14(9)10(21)6-7)15(8-3-1-2-4-11(8)22)27-17-16(12)28-19(25)23-17/h1-6,12-13,15H,(H,23,25)/t12-,13+,15-/m1/s1. The van der Waals surface area contributed by atoms with Gasteiger partial charge in [-0.25, -0.2) is 0 Å². The average Bonchev–Trinajstić information content (AvgIpc) is 3.02. The number of benzene rings is 2. The van der Waals surface area contributed by atoms with Crippen molar-refractivity contribution < 1.29 is 9.53 Å². The lowest BCUT2D eigenvalue weighted by Gasteiger charge is -2.40. The molecule has 1 N–H and O–H groups in total. The highest BCUT2D eigenvalue weighted by molar-refractivity contribution is 9.11. The van der Waals surface area contributed by atoms with Gasteiger partial charge in [0.25, 0.3) is 0 Å². The minimum absolute atomic E-state index is 0.134. The molecule has 9 heteroatoms. The van der Waals surface area contributed by atoms with Crippen molar-refractivity contribution in [3.8, 4) is 5.75 Å². The van der Waals surface area contributed by atoms with Crippen LogP contribution < -0.4 is 9.61 Å². The molecule has 3 atom stereocenters. The fourth-order valence-electron chi connectivity index (χ4n) is 3.80. The number of nitrogens with one attached hydrogen (secondary N) is 1. The Morgan fingerprint density at radius 1 is 1.11 bits per heavy atom. The summed E-state index contributed by atoms with van der Waals surface area (Å²) >= 11 is 16.1. The van der Waals surface area contributed by atoms with Crippen molar-refractivity contribution in [1.82, 2.24) is 4.98 Å². The smallest absolute Gasteiger partial charge is 0.316 e. The van der Waals surface area contributed by atoms with Crippen molar-refractivity contribution in [1.29, 1.82) is 0 Å². The van der Waals surface area contributed by atoms with Gasteiger partial charge in [0.05, 0.1) is 20.7 Å². The Morgan fingerprint density at radius 2 is 1.89 bits per heavy atom. The van der Waals surface area contributed by atoms with Crippen LogP contribution in [-0.4, -0.2) is 11.0 Å². The quantitative estimate of drug-likeness (QED) is 0.288. The number of H-pyrrole nitrogens is 1. The van der Waals surface area contributed by atoms with Gasteiger partial charge in [-0.05, 0) is 39.7 Å². The summed E-state index contributed by atoms with van der Waals surface area (Å²) in [6.45, 7) is 0. The normalized spacial score (nSPS) is 22.8. The highest BCUT2D eigenvalue weighted by atomic mass is 79.9. The summed E-state index contributed by atoms with van der Waals surface area (Å²) < 4.78 is 7.32. The molecule has 142 valence electrons. The van der Waals surface area contributed by atoms with Crippen molar-refractivity contribution in [2.24, 2.45) is 5.92 Å². The van der Waals surface area contributed by atoms with E-state index in [0.717, 1.165) is 36.8 Å². The number of rotatable bonds is 1. The topological polar surface area (TPSA) is 59.2 Å². The minimum atomic E-state index is -0.488. The van der Waals surface area contributed by atoms with Crippen molar-refractivity contribution in [3.05, 3.63) is 76.0 Å². The summed E-state index contributed by atoms with van der Waals surface area (Å²) in [5.74, 6) is -0.584. The molecular weight excluding hydrogens is 550 g/mol. The highest BCUT2D eigenvalue weighted by Gasteiger charge is 2.50. The van der Waals surface area contributed by atoms with Gasteiger partial charge in [0.1, 0.15) is 5.75 Å². The van der Waals surface area contributed by atoms with E-state index in [9.17, 15) is 9.59 Å². The number of hydrogen-bond acceptors (Lipinski definition) is 5. The summed E-state index contributed by atoms with van der Waals surface area (Å²) in [4.78, 5) is 29.0. The second kappa shape index (κ2) is 7.02. The molecule has 28 heavy (non-hydrogen) atoms. The number of thioether (sulfide) groups is 1. The molecule has 2 aliphatic rings. The van der Waals surface area contributed by atoms with Gasteiger partial charge in [-0.15, -0.1) is 0 Å². The Balaban J connectivity index is 1.78. The summed E-state index contributed by atoms with van der Waals surface area (Å²) in [5.41, 5.74) is 1.73. The number of aromatic nitrogens is 1. The van der Waals surface area contributed by atoms with Crippen molar-refractivity contribution in [2.75, 3.05) is 0 Å². The van der Waals surface area contributed by atoms with Crippen LogP contribution in [-0.2, 0) is 4.79 Å². The SMILES string of the molecule is O=C1Oc2c(Br)cc(Br)cc2[C@H]2c3sc(=O)[nH]c3S[C@H](c3ccccc3Cl)[C@@H]12. The molecule has 3 aromatic rings. The first-order valence-corrected chi connectivity index (χ1v) is 11.9. The third-order valence-electron chi connectivity index (χ3n) is 4.91. The maximum absolute atomic E-state index is 13.1. The number of hydrogen-bond donors (Lipinski definition) is 1. The summed E-state index contributed by atoms with van der Waals surface area (Å²) in [5, 5.41) is 1.11. The molecular formula is C19H10Br2ClNO3S2. The van der Waals surface area contributed by atoms with Crippen LogP contribution in [0.5, 0.6) is 5.75 Å². The zero-order chi connectivity index (χ0) is 19.6. The maximum Gasteiger partial charge on any atom is 0.316 e. The Kier molecular flexibility index (Phi) is 4.75. The van der Waals surface area contributed by atoms with E-state index in [0.29, 0.717) is 15.2 Å². The maximum atomic E-state index is 13.1. The third kappa shape index (κ3) is 2.92. The first-order valence-electron chi connectivity index (χ1n) is 8.28. The fourth-order valence-corrected chi connectivity index (χ4v) is 8.09. The Morgan fingerprint density at radius 3 is 2.68 bits per heavy atom. The Hall–Kier alpha value is -1.06. The van der Waals surface area contributed by atoms with Gasteiger partial charge in [-0.2, -0.15) is 0 Å². The lowest BCUT2D eigenvalue weighted by atomic mass is 9.78. The molecule has 0 spiro atoms. The molecule has 0 bridgehead atoms. The van der Waals surface area contributed by atoms with E-state index in [4.69, 9.17) is 16.3 Å². The van der Waals surface area contributed by atoms with Gasteiger partial charge < -0.3 is 9.72 Å². The van der Waals surface area contributed by atoms with Gasteiger partial charge in [-0.1, -0.05) is 68.8 Å². The van der Waals surface area contributed by atoms with E-state index < -0.39 is 5.92 Å². The molecule has 2 aliphatic heterocycles. The van der Waals surface area contributed by atoms with Crippen molar-refractivity contribution >= 4 is 72.5 Å². The summed E-state index contributed by atoms with van der Waals surface area (Å²) in [7, 11) is 0. The number of aromatic amines is 1. The lowest BCUT2D eigenvalue weighted by molar-refractivity contribution is -0.141. The van der Waals surface area contributed by atoms with Gasteiger partial charge in [-0.3, -0.25) is 9.59 Å². The zero-order valence-corrected chi connectivity index (χ0v) is 19.4. The minimum Gasteiger partial charge on any atom is -0.425 e. The van der Waals surface area contributed by atoms with Crippen LogP contribution in [0.4, 0.5) is 0 Å². The fraction of sp³-hybridized carbons (Fsp3) is 0.158. The number of thiazole rings is 1. The number of carbonyl (C=O) groups excluding carboxylic acids is 1. The molecule has 0 fully saturated rings. The van der Waals surface area contributed by atoms with E-state index in [-0.39, 0.29) is 22.0 Å². The van der Waals surface area contributed by atoms with Crippen LogP contribution in [0.1, 0.15) is 27.2 Å².